The molecule has 0 amide bonds. The van der Waals surface area contributed by atoms with E-state index in [-0.39, 0.29) is 0 Å². The first-order chi connectivity index (χ1) is 14.3. The van der Waals surface area contributed by atoms with E-state index in [2.05, 4.69) is 48.0 Å². The maximum atomic E-state index is 6.06. The summed E-state index contributed by atoms with van der Waals surface area (Å²) >= 11 is 0. The van der Waals surface area contributed by atoms with Gasteiger partial charge < -0.3 is 10.6 Å². The second-order valence-corrected chi connectivity index (χ2v) is 6.72. The van der Waals surface area contributed by atoms with Crippen LogP contribution in [0.25, 0.3) is 16.6 Å². The van der Waals surface area contributed by atoms with Crippen LogP contribution in [0.3, 0.4) is 0 Å². The first kappa shape index (κ1) is 17.2. The fourth-order valence-corrected chi connectivity index (χ4v) is 3.19. The minimum absolute atomic E-state index is 0.526. The second-order valence-electron chi connectivity index (χ2n) is 6.72. The largest absolute Gasteiger partial charge is 0.366 e. The fourth-order valence-electron chi connectivity index (χ4n) is 3.19. The molecule has 9 heteroatoms. The van der Waals surface area contributed by atoms with Gasteiger partial charge >= 0.3 is 0 Å². The molecule has 0 bridgehead atoms. The summed E-state index contributed by atoms with van der Waals surface area (Å²) in [5, 5.41) is 19.2. The number of benzene rings is 1. The van der Waals surface area contributed by atoms with Crippen molar-refractivity contribution in [2.24, 2.45) is 0 Å². The number of pyridine rings is 1. The maximum Gasteiger partial charge on any atom is 0.152 e. The number of aromatic amines is 1. The molecule has 0 aliphatic rings. The zero-order chi connectivity index (χ0) is 19.6. The van der Waals surface area contributed by atoms with Gasteiger partial charge in [-0.3, -0.25) is 10.1 Å². The molecule has 0 spiro atoms. The average molecular weight is 380 g/mol. The highest BCUT2D eigenvalue weighted by Gasteiger charge is 2.09. The summed E-state index contributed by atoms with van der Waals surface area (Å²) in [6.45, 7) is 1.24. The van der Waals surface area contributed by atoms with E-state index < -0.39 is 0 Å². The lowest BCUT2D eigenvalue weighted by Gasteiger charge is -2.12. The van der Waals surface area contributed by atoms with Crippen LogP contribution in [0.5, 0.6) is 0 Å². The third-order valence-corrected chi connectivity index (χ3v) is 4.67. The molecular weight excluding hydrogens is 363 g/mol. The van der Waals surface area contributed by atoms with Crippen molar-refractivity contribution in [2.45, 2.75) is 13.1 Å². The molecule has 4 aromatic heterocycles. The van der Waals surface area contributed by atoms with Crippen molar-refractivity contribution in [3.05, 3.63) is 72.3 Å². The van der Waals surface area contributed by atoms with Gasteiger partial charge in [-0.2, -0.15) is 14.7 Å². The van der Waals surface area contributed by atoms with Crippen LogP contribution in [0, 0.1) is 0 Å². The summed E-state index contributed by atoms with van der Waals surface area (Å²) in [7, 11) is 6.06. The Morgan fingerprint density at radius 1 is 1.00 bits per heavy atom. The van der Waals surface area contributed by atoms with Crippen LogP contribution in [-0.2, 0) is 13.1 Å². The highest BCUT2D eigenvalue weighted by atomic mass is 15.3. The lowest BCUT2D eigenvalue weighted by atomic mass is 10.0. The molecular formula is C20H17BN8. The lowest BCUT2D eigenvalue weighted by Crippen LogP contribution is -2.11. The molecule has 5 rings (SSSR count). The quantitative estimate of drug-likeness (QED) is 0.390. The van der Waals surface area contributed by atoms with Crippen LogP contribution >= 0.6 is 0 Å². The van der Waals surface area contributed by atoms with E-state index in [9.17, 15) is 0 Å². The summed E-state index contributed by atoms with van der Waals surface area (Å²) < 4.78 is 1.70. The highest BCUT2D eigenvalue weighted by molar-refractivity contribution is 6.36. The molecule has 5 aromatic rings. The molecule has 1 aromatic carbocycles. The Kier molecular flexibility index (Phi) is 4.32. The zero-order valence-electron chi connectivity index (χ0n) is 15.5. The van der Waals surface area contributed by atoms with Gasteiger partial charge in [0.25, 0.3) is 0 Å². The minimum Gasteiger partial charge on any atom is -0.366 e. The number of H-pyrrole nitrogens is 1. The number of nitrogens with one attached hydrogen (secondary N) is 3. The Balaban J connectivity index is 1.40. The van der Waals surface area contributed by atoms with Crippen LogP contribution in [0.1, 0.15) is 11.1 Å². The second kappa shape index (κ2) is 7.27. The van der Waals surface area contributed by atoms with Crippen LogP contribution in [0.15, 0.2) is 61.2 Å². The number of nitrogens with zero attached hydrogens (tertiary/aromatic N) is 5. The zero-order valence-corrected chi connectivity index (χ0v) is 15.5. The van der Waals surface area contributed by atoms with Crippen molar-refractivity contribution in [3.8, 4) is 0 Å². The van der Waals surface area contributed by atoms with E-state index in [4.69, 9.17) is 7.85 Å². The van der Waals surface area contributed by atoms with Crippen molar-refractivity contribution in [2.75, 3.05) is 10.6 Å². The van der Waals surface area contributed by atoms with E-state index in [1.54, 1.807) is 16.9 Å². The number of hydrogen-bond donors (Lipinski definition) is 3. The predicted molar refractivity (Wildman–Crippen MR) is 113 cm³/mol. The number of rotatable bonds is 6. The monoisotopic (exact) mass is 380 g/mol. The standard InChI is InChI=1S/C20H17BN8/c21-16-12-26-29-19(24-10-14-2-1-5-22-8-14)7-18(27-20(16)29)23-9-13-3-4-17-15(6-13)11-25-28-17/h1-8,11-12,24H,9-10H2,(H,23,27)(H,25,28). The summed E-state index contributed by atoms with van der Waals surface area (Å²) in [6.07, 6.45) is 7.00. The van der Waals surface area contributed by atoms with E-state index in [0.29, 0.717) is 30.0 Å². The number of aromatic nitrogens is 6. The summed E-state index contributed by atoms with van der Waals surface area (Å²) in [5.74, 6) is 1.51. The van der Waals surface area contributed by atoms with Gasteiger partial charge in [0.05, 0.1) is 11.7 Å². The normalized spacial score (nSPS) is 11.2. The molecule has 0 aliphatic heterocycles. The third kappa shape index (κ3) is 3.50. The SMILES string of the molecule is [B]c1cnn2c(NCc3cccnc3)cc(NCc3ccc4[nH]ncc4c3)nc12. The molecule has 0 saturated heterocycles. The lowest BCUT2D eigenvalue weighted by molar-refractivity contribution is 0.922. The molecule has 140 valence electrons. The van der Waals surface area contributed by atoms with Gasteiger partial charge in [-0.05, 0) is 34.8 Å². The number of anilines is 2. The fraction of sp³-hybridized carbons (Fsp3) is 0.100. The summed E-state index contributed by atoms with van der Waals surface area (Å²) in [4.78, 5) is 8.76. The van der Waals surface area contributed by atoms with Gasteiger partial charge in [0, 0.05) is 43.1 Å². The number of hydrogen-bond acceptors (Lipinski definition) is 6. The Bertz CT molecular complexity index is 1280. The Morgan fingerprint density at radius 2 is 1.93 bits per heavy atom. The topological polar surface area (TPSA) is 95.8 Å². The number of fused-ring (bicyclic) bond motifs is 2. The minimum atomic E-state index is 0.526. The maximum absolute atomic E-state index is 6.06. The molecule has 0 fully saturated rings. The van der Waals surface area contributed by atoms with Crippen LogP contribution in [0.2, 0.25) is 0 Å². The van der Waals surface area contributed by atoms with Gasteiger partial charge in [0.2, 0.25) is 0 Å². The van der Waals surface area contributed by atoms with Crippen LogP contribution in [0.4, 0.5) is 11.6 Å². The predicted octanol–water partition coefficient (Wildman–Crippen LogP) is 2.02. The van der Waals surface area contributed by atoms with E-state index in [1.807, 2.05) is 36.7 Å². The summed E-state index contributed by atoms with van der Waals surface area (Å²) in [6, 6.07) is 12.0. The van der Waals surface area contributed by atoms with Crippen molar-refractivity contribution in [3.63, 3.8) is 0 Å². The smallest absolute Gasteiger partial charge is 0.152 e. The highest BCUT2D eigenvalue weighted by Crippen LogP contribution is 2.18. The molecule has 3 N–H and O–H groups in total. The molecule has 8 nitrogen and oxygen atoms in total. The van der Waals surface area contributed by atoms with E-state index in [0.717, 1.165) is 27.8 Å². The van der Waals surface area contributed by atoms with Crippen molar-refractivity contribution >= 4 is 41.5 Å². The molecule has 0 unspecified atom stereocenters. The van der Waals surface area contributed by atoms with Crippen LogP contribution < -0.4 is 16.1 Å². The van der Waals surface area contributed by atoms with Crippen molar-refractivity contribution in [1.29, 1.82) is 0 Å². The van der Waals surface area contributed by atoms with Gasteiger partial charge in [0.15, 0.2) is 5.65 Å². The molecule has 4 heterocycles. The average Bonchev–Trinajstić information content (AvgIpc) is 3.38. The van der Waals surface area contributed by atoms with Gasteiger partial charge in [-0.15, -0.1) is 0 Å². The van der Waals surface area contributed by atoms with Gasteiger partial charge in [-0.25, -0.2) is 4.98 Å². The molecule has 29 heavy (non-hydrogen) atoms. The summed E-state index contributed by atoms with van der Waals surface area (Å²) in [5.41, 5.74) is 4.35. The Labute approximate surface area is 167 Å². The molecule has 0 atom stereocenters. The molecule has 0 saturated carbocycles. The van der Waals surface area contributed by atoms with Crippen LogP contribution in [-0.4, -0.2) is 37.6 Å². The van der Waals surface area contributed by atoms with Gasteiger partial charge in [0.1, 0.15) is 19.5 Å². The molecule has 2 radical (unpaired) electrons. The van der Waals surface area contributed by atoms with Crippen molar-refractivity contribution < 1.29 is 0 Å². The molecule has 0 aliphatic carbocycles. The third-order valence-electron chi connectivity index (χ3n) is 4.67. The first-order valence-corrected chi connectivity index (χ1v) is 9.19. The first-order valence-electron chi connectivity index (χ1n) is 9.19. The van der Waals surface area contributed by atoms with E-state index in [1.165, 1.54) is 0 Å². The van der Waals surface area contributed by atoms with E-state index >= 15 is 0 Å². The van der Waals surface area contributed by atoms with Crippen molar-refractivity contribution in [1.82, 2.24) is 29.8 Å². The Hall–Kier alpha value is -3.88. The van der Waals surface area contributed by atoms with Gasteiger partial charge in [-0.1, -0.05) is 12.1 Å². The Morgan fingerprint density at radius 3 is 2.83 bits per heavy atom.